The first-order valence-electron chi connectivity index (χ1n) is 19.3. The Morgan fingerprint density at radius 1 is 0.339 bits per heavy atom. The second-order valence-electron chi connectivity index (χ2n) is 14.5. The molecule has 0 saturated heterocycles. The van der Waals surface area contributed by atoms with E-state index in [1.165, 1.54) is 76.4 Å². The summed E-state index contributed by atoms with van der Waals surface area (Å²) in [5, 5.41) is 9.92. The van der Waals surface area contributed by atoms with E-state index in [0.29, 0.717) is 0 Å². The van der Waals surface area contributed by atoms with E-state index in [2.05, 4.69) is 228 Å². The molecular formula is C54H36N2. The van der Waals surface area contributed by atoms with Crippen LogP contribution in [0.3, 0.4) is 0 Å². The highest BCUT2D eigenvalue weighted by atomic mass is 15.1. The van der Waals surface area contributed by atoms with Crippen LogP contribution in [0.2, 0.25) is 0 Å². The molecule has 11 rings (SSSR count). The average Bonchev–Trinajstić information content (AvgIpc) is 3.62. The number of aromatic nitrogens is 1. The van der Waals surface area contributed by atoms with Gasteiger partial charge in [-0.25, -0.2) is 0 Å². The standard InChI is InChI=1S/C54H36N2/c1-2-20-42(21-3-1)56-52-29-13-27-48(53(52)50-35-32-39-16-6-9-25-49(39)54(50)56)41-19-10-22-44(36-41)55(51-28-12-18-38-15-5-8-24-47(38)51)43-33-30-40(31-34-43)46-26-11-17-37-14-4-7-23-45(37)46/h1-36H. The molecule has 11 aromatic rings. The minimum absolute atomic E-state index is 1.10. The van der Waals surface area contributed by atoms with E-state index in [4.69, 9.17) is 0 Å². The predicted octanol–water partition coefficient (Wildman–Crippen LogP) is 15.0. The van der Waals surface area contributed by atoms with Gasteiger partial charge in [-0.05, 0) is 92.3 Å². The Kier molecular flexibility index (Phi) is 7.53. The highest BCUT2D eigenvalue weighted by Gasteiger charge is 2.20. The van der Waals surface area contributed by atoms with Crippen molar-refractivity contribution in [1.82, 2.24) is 4.57 Å². The second-order valence-corrected chi connectivity index (χ2v) is 14.5. The minimum Gasteiger partial charge on any atom is -0.310 e. The Bertz CT molecular complexity index is 3240. The maximum atomic E-state index is 2.44. The van der Waals surface area contributed by atoms with Gasteiger partial charge in [0.25, 0.3) is 0 Å². The van der Waals surface area contributed by atoms with Crippen molar-refractivity contribution in [3.05, 3.63) is 218 Å². The van der Waals surface area contributed by atoms with Crippen LogP contribution in [-0.4, -0.2) is 4.57 Å². The average molecular weight is 713 g/mol. The summed E-state index contributed by atoms with van der Waals surface area (Å²) in [6.07, 6.45) is 0. The zero-order chi connectivity index (χ0) is 37.0. The van der Waals surface area contributed by atoms with Gasteiger partial charge in [-0.15, -0.1) is 0 Å². The maximum absolute atomic E-state index is 2.44. The number of hydrogen-bond acceptors (Lipinski definition) is 1. The number of benzene rings is 10. The van der Waals surface area contributed by atoms with Gasteiger partial charge >= 0.3 is 0 Å². The summed E-state index contributed by atoms with van der Waals surface area (Å²) in [4.78, 5) is 2.42. The first-order valence-corrected chi connectivity index (χ1v) is 19.3. The van der Waals surface area contributed by atoms with Gasteiger partial charge in [-0.1, -0.05) is 170 Å². The van der Waals surface area contributed by atoms with E-state index in [9.17, 15) is 0 Å². The third-order valence-electron chi connectivity index (χ3n) is 11.3. The first-order chi connectivity index (χ1) is 27.8. The van der Waals surface area contributed by atoms with Crippen LogP contribution in [0.1, 0.15) is 0 Å². The molecule has 0 amide bonds. The lowest BCUT2D eigenvalue weighted by Gasteiger charge is -2.27. The SMILES string of the molecule is c1ccc(-n2c3cccc(-c4cccc(N(c5ccc(-c6cccc7ccccc67)cc5)c5cccc6ccccc56)c4)c3c3ccc4ccccc4c32)cc1. The van der Waals surface area contributed by atoms with Crippen LogP contribution in [-0.2, 0) is 0 Å². The molecule has 10 aromatic carbocycles. The van der Waals surface area contributed by atoms with Crippen LogP contribution in [0.25, 0.3) is 82.1 Å². The van der Waals surface area contributed by atoms with E-state index >= 15 is 0 Å². The van der Waals surface area contributed by atoms with Crippen molar-refractivity contribution in [3.8, 4) is 27.9 Å². The maximum Gasteiger partial charge on any atom is 0.0619 e. The molecule has 0 atom stereocenters. The zero-order valence-electron chi connectivity index (χ0n) is 30.7. The molecule has 0 spiro atoms. The van der Waals surface area contributed by atoms with Gasteiger partial charge in [-0.3, -0.25) is 0 Å². The van der Waals surface area contributed by atoms with Crippen molar-refractivity contribution in [2.24, 2.45) is 0 Å². The second kappa shape index (κ2) is 13.2. The van der Waals surface area contributed by atoms with Crippen molar-refractivity contribution < 1.29 is 0 Å². The van der Waals surface area contributed by atoms with Gasteiger partial charge < -0.3 is 9.47 Å². The summed E-state index contributed by atoms with van der Waals surface area (Å²) in [5.74, 6) is 0. The lowest BCUT2D eigenvalue weighted by Crippen LogP contribution is -2.10. The lowest BCUT2D eigenvalue weighted by atomic mass is 9.97. The van der Waals surface area contributed by atoms with Crippen molar-refractivity contribution in [1.29, 1.82) is 0 Å². The Morgan fingerprint density at radius 2 is 0.946 bits per heavy atom. The smallest absolute Gasteiger partial charge is 0.0619 e. The monoisotopic (exact) mass is 712 g/mol. The van der Waals surface area contributed by atoms with Crippen LogP contribution < -0.4 is 4.90 Å². The van der Waals surface area contributed by atoms with Gasteiger partial charge in [0.1, 0.15) is 0 Å². The molecular weight excluding hydrogens is 677 g/mol. The highest BCUT2D eigenvalue weighted by Crippen LogP contribution is 2.44. The Balaban J connectivity index is 1.12. The summed E-state index contributed by atoms with van der Waals surface area (Å²) in [6.45, 7) is 0. The molecule has 0 aliphatic carbocycles. The van der Waals surface area contributed by atoms with Gasteiger partial charge in [0.2, 0.25) is 0 Å². The third kappa shape index (κ3) is 5.19. The van der Waals surface area contributed by atoms with Crippen LogP contribution in [0, 0.1) is 0 Å². The van der Waals surface area contributed by atoms with Gasteiger partial charge in [0.05, 0.1) is 16.7 Å². The largest absolute Gasteiger partial charge is 0.310 e. The van der Waals surface area contributed by atoms with E-state index in [1.807, 2.05) is 0 Å². The van der Waals surface area contributed by atoms with E-state index in [-0.39, 0.29) is 0 Å². The fourth-order valence-electron chi connectivity index (χ4n) is 8.82. The summed E-state index contributed by atoms with van der Waals surface area (Å²) >= 11 is 0. The molecule has 0 aliphatic heterocycles. The first kappa shape index (κ1) is 32.0. The summed E-state index contributed by atoms with van der Waals surface area (Å²) in [5.41, 5.74) is 11.8. The summed E-state index contributed by atoms with van der Waals surface area (Å²) in [6, 6.07) is 79.5. The minimum atomic E-state index is 1.10. The summed E-state index contributed by atoms with van der Waals surface area (Å²) in [7, 11) is 0. The summed E-state index contributed by atoms with van der Waals surface area (Å²) < 4.78 is 2.44. The van der Waals surface area contributed by atoms with E-state index < -0.39 is 0 Å². The van der Waals surface area contributed by atoms with Crippen molar-refractivity contribution in [2.45, 2.75) is 0 Å². The molecule has 0 N–H and O–H groups in total. The fourth-order valence-corrected chi connectivity index (χ4v) is 8.82. The molecule has 1 aromatic heterocycles. The van der Waals surface area contributed by atoms with Crippen LogP contribution in [0.5, 0.6) is 0 Å². The normalized spacial score (nSPS) is 11.6. The molecule has 2 heteroatoms. The molecule has 0 saturated carbocycles. The topological polar surface area (TPSA) is 8.17 Å². The Morgan fingerprint density at radius 3 is 1.75 bits per heavy atom. The van der Waals surface area contributed by atoms with Crippen molar-refractivity contribution in [2.75, 3.05) is 4.90 Å². The number of rotatable bonds is 6. The van der Waals surface area contributed by atoms with E-state index in [1.54, 1.807) is 0 Å². The van der Waals surface area contributed by atoms with Gasteiger partial charge in [-0.2, -0.15) is 0 Å². The van der Waals surface area contributed by atoms with Crippen LogP contribution in [0.15, 0.2) is 218 Å². The Hall–Kier alpha value is -7.42. The number of para-hydroxylation sites is 1. The number of nitrogens with zero attached hydrogens (tertiary/aromatic N) is 2. The highest BCUT2D eigenvalue weighted by molar-refractivity contribution is 6.22. The Labute approximate surface area is 325 Å². The van der Waals surface area contributed by atoms with Gasteiger partial charge in [0, 0.05) is 38.6 Å². The van der Waals surface area contributed by atoms with Crippen molar-refractivity contribution >= 4 is 71.2 Å². The molecule has 0 bridgehead atoms. The molecule has 0 fully saturated rings. The van der Waals surface area contributed by atoms with E-state index in [0.717, 1.165) is 22.7 Å². The molecule has 0 radical (unpaired) electrons. The molecule has 2 nitrogen and oxygen atoms in total. The van der Waals surface area contributed by atoms with Crippen LogP contribution in [0.4, 0.5) is 17.1 Å². The predicted molar refractivity (Wildman–Crippen MR) is 239 cm³/mol. The quantitative estimate of drug-likeness (QED) is 0.167. The fraction of sp³-hybridized carbons (Fsp3) is 0. The number of fused-ring (bicyclic) bond motifs is 7. The molecule has 0 unspecified atom stereocenters. The molecule has 262 valence electrons. The van der Waals surface area contributed by atoms with Crippen molar-refractivity contribution in [3.63, 3.8) is 0 Å². The zero-order valence-corrected chi connectivity index (χ0v) is 30.7. The molecule has 56 heavy (non-hydrogen) atoms. The lowest BCUT2D eigenvalue weighted by molar-refractivity contribution is 1.19. The number of hydrogen-bond donors (Lipinski definition) is 0. The van der Waals surface area contributed by atoms with Gasteiger partial charge in [0.15, 0.2) is 0 Å². The third-order valence-corrected chi connectivity index (χ3v) is 11.3. The number of anilines is 3. The molecule has 1 heterocycles. The van der Waals surface area contributed by atoms with Crippen LogP contribution >= 0.6 is 0 Å². The molecule has 0 aliphatic rings.